The van der Waals surface area contributed by atoms with Gasteiger partial charge in [-0.1, -0.05) is 11.6 Å². The molecule has 0 amide bonds. The van der Waals surface area contributed by atoms with Gasteiger partial charge < -0.3 is 34.7 Å². The lowest BCUT2D eigenvalue weighted by molar-refractivity contribution is 0.158. The highest BCUT2D eigenvalue weighted by Gasteiger charge is 2.30. The normalized spacial score (nSPS) is 15.1. The standard InChI is InChI=1S/C25H24O8/c1-11(2)7-17(29)20-22(31)21-18(30)10-19-12(5-6-25(3,4)33-19)23(21)32-24(20)13-8-15(27)16(28)9-14(13)26/h5-10,17,26-30H,1-4H3. The predicted molar refractivity (Wildman–Crippen MR) is 123 cm³/mol. The summed E-state index contributed by atoms with van der Waals surface area (Å²) in [5, 5.41) is 51.5. The van der Waals surface area contributed by atoms with Crippen LogP contribution in [0.4, 0.5) is 0 Å². The molecule has 0 spiro atoms. The van der Waals surface area contributed by atoms with Crippen LogP contribution in [0.3, 0.4) is 0 Å². The third kappa shape index (κ3) is 3.78. The Morgan fingerprint density at radius 1 is 1.00 bits per heavy atom. The first-order valence-electron chi connectivity index (χ1n) is 10.2. The van der Waals surface area contributed by atoms with Gasteiger partial charge in [0.05, 0.1) is 16.7 Å². The lowest BCUT2D eigenvalue weighted by Crippen LogP contribution is -2.27. The third-order valence-electron chi connectivity index (χ3n) is 5.33. The highest BCUT2D eigenvalue weighted by molar-refractivity contribution is 5.95. The van der Waals surface area contributed by atoms with Gasteiger partial charge in [-0.2, -0.15) is 0 Å². The lowest BCUT2D eigenvalue weighted by Gasteiger charge is -2.28. The molecule has 33 heavy (non-hydrogen) atoms. The Morgan fingerprint density at radius 2 is 1.67 bits per heavy atom. The molecule has 0 fully saturated rings. The predicted octanol–water partition coefficient (Wildman–Crippen LogP) is 4.47. The molecule has 1 aromatic heterocycles. The van der Waals surface area contributed by atoms with Crippen molar-refractivity contribution in [2.75, 3.05) is 0 Å². The molecule has 3 aromatic rings. The van der Waals surface area contributed by atoms with Crippen molar-refractivity contribution in [2.45, 2.75) is 39.4 Å². The summed E-state index contributed by atoms with van der Waals surface area (Å²) in [7, 11) is 0. The van der Waals surface area contributed by atoms with Gasteiger partial charge >= 0.3 is 0 Å². The summed E-state index contributed by atoms with van der Waals surface area (Å²) in [4.78, 5) is 13.6. The molecule has 0 aliphatic carbocycles. The van der Waals surface area contributed by atoms with E-state index in [2.05, 4.69) is 0 Å². The van der Waals surface area contributed by atoms with E-state index >= 15 is 0 Å². The van der Waals surface area contributed by atoms with Crippen molar-refractivity contribution < 1.29 is 34.7 Å². The average molecular weight is 452 g/mol. The molecule has 0 saturated heterocycles. The number of phenols is 4. The highest BCUT2D eigenvalue weighted by Crippen LogP contribution is 2.45. The monoisotopic (exact) mass is 452 g/mol. The molecule has 0 bridgehead atoms. The zero-order chi connectivity index (χ0) is 24.2. The van der Waals surface area contributed by atoms with Crippen molar-refractivity contribution in [2.24, 2.45) is 0 Å². The SMILES string of the molecule is CC(C)=CC(O)c1c(-c2cc(O)c(O)cc2O)oc2c3c(cc(O)c2c1=O)OC(C)(C)C=C3. The number of rotatable bonds is 3. The van der Waals surface area contributed by atoms with Crippen LogP contribution in [0.5, 0.6) is 28.7 Å². The summed E-state index contributed by atoms with van der Waals surface area (Å²) in [6, 6.07) is 3.24. The minimum absolute atomic E-state index is 0.0168. The van der Waals surface area contributed by atoms with E-state index in [9.17, 15) is 30.3 Å². The van der Waals surface area contributed by atoms with E-state index in [1.165, 1.54) is 12.1 Å². The smallest absolute Gasteiger partial charge is 0.203 e. The Hall–Kier alpha value is -3.91. The number of aliphatic hydroxyl groups is 1. The number of hydrogen-bond donors (Lipinski definition) is 5. The van der Waals surface area contributed by atoms with Crippen molar-refractivity contribution in [3.05, 3.63) is 57.3 Å². The number of allylic oxidation sites excluding steroid dienone is 1. The maximum Gasteiger partial charge on any atom is 0.203 e. The second-order valence-corrected chi connectivity index (χ2v) is 8.77. The summed E-state index contributed by atoms with van der Waals surface area (Å²) in [5.74, 6) is -1.94. The molecule has 5 N–H and O–H groups in total. The topological polar surface area (TPSA) is 141 Å². The van der Waals surface area contributed by atoms with Gasteiger partial charge in [-0.3, -0.25) is 4.79 Å². The molecular weight excluding hydrogens is 428 g/mol. The number of hydrogen-bond acceptors (Lipinski definition) is 8. The van der Waals surface area contributed by atoms with Crippen LogP contribution in [0, 0.1) is 0 Å². The largest absolute Gasteiger partial charge is 0.507 e. The van der Waals surface area contributed by atoms with Crippen molar-refractivity contribution in [3.8, 4) is 40.1 Å². The van der Waals surface area contributed by atoms with Crippen LogP contribution in [0.1, 0.15) is 44.9 Å². The Balaban J connectivity index is 2.16. The number of aromatic hydroxyl groups is 4. The van der Waals surface area contributed by atoms with Gasteiger partial charge in [-0.05, 0) is 45.9 Å². The van der Waals surface area contributed by atoms with Crippen molar-refractivity contribution in [1.82, 2.24) is 0 Å². The molecule has 0 radical (unpaired) electrons. The van der Waals surface area contributed by atoms with E-state index in [1.807, 2.05) is 13.8 Å². The van der Waals surface area contributed by atoms with Crippen LogP contribution in [0.15, 0.2) is 45.1 Å². The lowest BCUT2D eigenvalue weighted by atomic mass is 9.95. The van der Waals surface area contributed by atoms with Crippen LogP contribution in [-0.2, 0) is 0 Å². The molecule has 8 nitrogen and oxygen atoms in total. The fourth-order valence-corrected chi connectivity index (χ4v) is 3.82. The minimum Gasteiger partial charge on any atom is -0.507 e. The van der Waals surface area contributed by atoms with Crippen LogP contribution < -0.4 is 10.2 Å². The van der Waals surface area contributed by atoms with Gasteiger partial charge in [0.2, 0.25) is 5.43 Å². The molecule has 2 heterocycles. The summed E-state index contributed by atoms with van der Waals surface area (Å²) >= 11 is 0. The summed E-state index contributed by atoms with van der Waals surface area (Å²) in [6.45, 7) is 7.11. The Labute approximate surface area is 188 Å². The Bertz CT molecular complexity index is 1400. The fraction of sp³-hybridized carbons (Fsp3) is 0.240. The highest BCUT2D eigenvalue weighted by atomic mass is 16.5. The van der Waals surface area contributed by atoms with Crippen LogP contribution in [0.2, 0.25) is 0 Å². The summed E-state index contributed by atoms with van der Waals surface area (Å²) in [6.07, 6.45) is 3.44. The van der Waals surface area contributed by atoms with Gasteiger partial charge in [0.25, 0.3) is 0 Å². The zero-order valence-corrected chi connectivity index (χ0v) is 18.5. The van der Waals surface area contributed by atoms with E-state index in [0.29, 0.717) is 11.1 Å². The summed E-state index contributed by atoms with van der Waals surface area (Å²) < 4.78 is 11.9. The molecule has 1 atom stereocenters. The van der Waals surface area contributed by atoms with E-state index in [4.69, 9.17) is 9.15 Å². The molecule has 172 valence electrons. The van der Waals surface area contributed by atoms with Crippen molar-refractivity contribution >= 4 is 17.0 Å². The fourth-order valence-electron chi connectivity index (χ4n) is 3.82. The van der Waals surface area contributed by atoms with E-state index in [1.54, 1.807) is 26.0 Å². The number of fused-ring (bicyclic) bond motifs is 3. The molecule has 0 saturated carbocycles. The maximum absolute atomic E-state index is 13.6. The molecular formula is C25H24O8. The van der Waals surface area contributed by atoms with Gasteiger partial charge in [0.1, 0.15) is 40.1 Å². The second-order valence-electron chi connectivity index (χ2n) is 8.77. The average Bonchev–Trinajstić information content (AvgIpc) is 2.68. The molecule has 4 rings (SSSR count). The summed E-state index contributed by atoms with van der Waals surface area (Å²) in [5.41, 5.74) is -0.667. The first kappa shape index (κ1) is 22.3. The van der Waals surface area contributed by atoms with E-state index < -0.39 is 40.1 Å². The minimum atomic E-state index is -1.44. The van der Waals surface area contributed by atoms with E-state index in [0.717, 1.165) is 12.1 Å². The van der Waals surface area contributed by atoms with Crippen LogP contribution in [-0.4, -0.2) is 31.1 Å². The maximum atomic E-state index is 13.6. The van der Waals surface area contributed by atoms with Crippen molar-refractivity contribution in [1.29, 1.82) is 0 Å². The molecule has 1 unspecified atom stereocenters. The van der Waals surface area contributed by atoms with E-state index in [-0.39, 0.29) is 33.6 Å². The van der Waals surface area contributed by atoms with Crippen LogP contribution in [0.25, 0.3) is 28.4 Å². The second kappa shape index (κ2) is 7.60. The first-order chi connectivity index (χ1) is 15.4. The third-order valence-corrected chi connectivity index (χ3v) is 5.33. The molecule has 8 heteroatoms. The number of benzene rings is 2. The van der Waals surface area contributed by atoms with Crippen molar-refractivity contribution in [3.63, 3.8) is 0 Å². The first-order valence-corrected chi connectivity index (χ1v) is 10.2. The Kier molecular flexibility index (Phi) is 5.13. The number of phenolic OH excluding ortho intramolecular Hbond substituents is 4. The number of ether oxygens (including phenoxy) is 1. The van der Waals surface area contributed by atoms with Gasteiger partial charge in [-0.15, -0.1) is 0 Å². The zero-order valence-electron chi connectivity index (χ0n) is 18.5. The van der Waals surface area contributed by atoms with Gasteiger partial charge in [0.15, 0.2) is 17.1 Å². The number of aliphatic hydroxyl groups excluding tert-OH is 1. The molecule has 1 aliphatic heterocycles. The molecule has 2 aromatic carbocycles. The van der Waals surface area contributed by atoms with Gasteiger partial charge in [-0.25, -0.2) is 0 Å². The Morgan fingerprint density at radius 3 is 2.33 bits per heavy atom. The quantitative estimate of drug-likeness (QED) is 0.223. The van der Waals surface area contributed by atoms with Gasteiger partial charge in [0, 0.05) is 12.1 Å². The molecule has 1 aliphatic rings. The van der Waals surface area contributed by atoms with Crippen LogP contribution >= 0.6 is 0 Å².